The van der Waals surface area contributed by atoms with Gasteiger partial charge in [0.15, 0.2) is 0 Å². The Morgan fingerprint density at radius 1 is 1.19 bits per heavy atom. The van der Waals surface area contributed by atoms with Crippen LogP contribution in [0.3, 0.4) is 0 Å². The highest BCUT2D eigenvalue weighted by molar-refractivity contribution is 5.87. The highest BCUT2D eigenvalue weighted by Gasteiger charge is 2.38. The van der Waals surface area contributed by atoms with E-state index in [1.807, 2.05) is 30.3 Å². The summed E-state index contributed by atoms with van der Waals surface area (Å²) in [5.74, 6) is -0.249. The van der Waals surface area contributed by atoms with Gasteiger partial charge in [0.1, 0.15) is 12.6 Å². The number of hydrogen-bond acceptors (Lipinski definition) is 4. The lowest BCUT2D eigenvalue weighted by molar-refractivity contribution is -0.124. The molecule has 1 saturated heterocycles. The van der Waals surface area contributed by atoms with Crippen molar-refractivity contribution < 1.29 is 14.3 Å². The number of nitriles is 1. The molecule has 1 aliphatic rings. The standard InChI is InChI=1S/C20H19N3O3/c21-12-16-8-4-5-9-17(16)13-23-18(14-26-20(23)25)19(24)22-11-10-15-6-2-1-3-7-15/h1-9,18H,10-11,13-14H2,(H,22,24)/t18-/m0/s1. The van der Waals surface area contributed by atoms with Crippen molar-refractivity contribution >= 4 is 12.0 Å². The van der Waals surface area contributed by atoms with Gasteiger partial charge in [-0.3, -0.25) is 9.69 Å². The molecule has 2 aromatic rings. The van der Waals surface area contributed by atoms with Crippen LogP contribution < -0.4 is 5.32 Å². The van der Waals surface area contributed by atoms with Gasteiger partial charge in [-0.15, -0.1) is 0 Å². The van der Waals surface area contributed by atoms with Crippen molar-refractivity contribution in [1.29, 1.82) is 5.26 Å². The minimum Gasteiger partial charge on any atom is -0.447 e. The van der Waals surface area contributed by atoms with E-state index < -0.39 is 12.1 Å². The Hall–Kier alpha value is -3.33. The van der Waals surface area contributed by atoms with Gasteiger partial charge >= 0.3 is 6.09 Å². The molecule has 0 bridgehead atoms. The van der Waals surface area contributed by atoms with Gasteiger partial charge in [0.25, 0.3) is 0 Å². The fourth-order valence-corrected chi connectivity index (χ4v) is 2.89. The number of nitrogens with zero attached hydrogens (tertiary/aromatic N) is 2. The van der Waals surface area contributed by atoms with Crippen LogP contribution in [0.2, 0.25) is 0 Å². The molecule has 0 saturated carbocycles. The molecule has 1 fully saturated rings. The molecule has 1 N–H and O–H groups in total. The fraction of sp³-hybridized carbons (Fsp3) is 0.250. The van der Waals surface area contributed by atoms with Gasteiger partial charge in [0.2, 0.25) is 5.91 Å². The molecule has 3 rings (SSSR count). The van der Waals surface area contributed by atoms with Crippen LogP contribution in [-0.4, -0.2) is 36.1 Å². The van der Waals surface area contributed by atoms with Crippen LogP contribution in [0.25, 0.3) is 0 Å². The summed E-state index contributed by atoms with van der Waals surface area (Å²) >= 11 is 0. The highest BCUT2D eigenvalue weighted by Crippen LogP contribution is 2.19. The molecule has 1 aliphatic heterocycles. The largest absolute Gasteiger partial charge is 0.447 e. The Kier molecular flexibility index (Phi) is 5.49. The van der Waals surface area contributed by atoms with E-state index in [-0.39, 0.29) is 19.1 Å². The topological polar surface area (TPSA) is 82.4 Å². The maximum atomic E-state index is 12.5. The fourth-order valence-electron chi connectivity index (χ4n) is 2.89. The molecule has 6 heteroatoms. The number of hydrogen-bond donors (Lipinski definition) is 1. The predicted molar refractivity (Wildman–Crippen MR) is 95.0 cm³/mol. The van der Waals surface area contributed by atoms with E-state index in [1.165, 1.54) is 4.90 Å². The summed E-state index contributed by atoms with van der Waals surface area (Å²) in [6.07, 6.45) is 0.173. The third kappa shape index (κ3) is 4.01. The van der Waals surface area contributed by atoms with E-state index in [2.05, 4.69) is 11.4 Å². The molecule has 1 atom stereocenters. The summed E-state index contributed by atoms with van der Waals surface area (Å²) in [6.45, 7) is 0.667. The lowest BCUT2D eigenvalue weighted by Crippen LogP contribution is -2.45. The average molecular weight is 349 g/mol. The van der Waals surface area contributed by atoms with Crippen molar-refractivity contribution in [3.8, 4) is 6.07 Å². The van der Waals surface area contributed by atoms with Gasteiger partial charge in [-0.25, -0.2) is 4.79 Å². The first-order chi connectivity index (χ1) is 12.7. The van der Waals surface area contributed by atoms with E-state index >= 15 is 0 Å². The molecule has 26 heavy (non-hydrogen) atoms. The second kappa shape index (κ2) is 8.17. The molecular formula is C20H19N3O3. The molecule has 2 aromatic carbocycles. The second-order valence-electron chi connectivity index (χ2n) is 6.02. The Bertz CT molecular complexity index is 830. The van der Waals surface area contributed by atoms with Crippen molar-refractivity contribution in [3.05, 3.63) is 71.3 Å². The molecular weight excluding hydrogens is 330 g/mol. The van der Waals surface area contributed by atoms with Crippen LogP contribution in [0.5, 0.6) is 0 Å². The van der Waals surface area contributed by atoms with Crippen LogP contribution in [0.1, 0.15) is 16.7 Å². The molecule has 0 unspecified atom stereocenters. The van der Waals surface area contributed by atoms with Gasteiger partial charge in [-0.1, -0.05) is 48.5 Å². The maximum absolute atomic E-state index is 12.5. The van der Waals surface area contributed by atoms with Crippen molar-refractivity contribution in [1.82, 2.24) is 10.2 Å². The lowest BCUT2D eigenvalue weighted by atomic mass is 10.1. The molecule has 0 radical (unpaired) electrons. The summed E-state index contributed by atoms with van der Waals surface area (Å²) < 4.78 is 5.05. The number of cyclic esters (lactones) is 1. The molecule has 0 aliphatic carbocycles. The summed E-state index contributed by atoms with van der Waals surface area (Å²) in [5, 5.41) is 12.1. The summed E-state index contributed by atoms with van der Waals surface area (Å²) in [5.41, 5.74) is 2.30. The zero-order chi connectivity index (χ0) is 18.4. The third-order valence-corrected chi connectivity index (χ3v) is 4.31. The minimum atomic E-state index is -0.690. The Labute approximate surface area is 152 Å². The Morgan fingerprint density at radius 3 is 2.69 bits per heavy atom. The lowest BCUT2D eigenvalue weighted by Gasteiger charge is -2.21. The van der Waals surface area contributed by atoms with Gasteiger partial charge in [0.05, 0.1) is 18.2 Å². The SMILES string of the molecule is N#Cc1ccccc1CN1C(=O)OC[C@H]1C(=O)NCCc1ccccc1. The molecule has 132 valence electrons. The van der Waals surface area contributed by atoms with E-state index in [0.29, 0.717) is 24.1 Å². The van der Waals surface area contributed by atoms with Gasteiger partial charge in [-0.2, -0.15) is 5.26 Å². The maximum Gasteiger partial charge on any atom is 0.410 e. The van der Waals surface area contributed by atoms with Crippen LogP contribution in [0.4, 0.5) is 4.79 Å². The van der Waals surface area contributed by atoms with Gasteiger partial charge < -0.3 is 10.1 Å². The van der Waals surface area contributed by atoms with E-state index in [0.717, 1.165) is 5.56 Å². The van der Waals surface area contributed by atoms with E-state index in [1.54, 1.807) is 24.3 Å². The first kappa shape index (κ1) is 17.5. The third-order valence-electron chi connectivity index (χ3n) is 4.31. The summed E-state index contributed by atoms with van der Waals surface area (Å²) in [7, 11) is 0. The summed E-state index contributed by atoms with van der Waals surface area (Å²) in [4.78, 5) is 25.9. The zero-order valence-corrected chi connectivity index (χ0v) is 14.2. The summed E-state index contributed by atoms with van der Waals surface area (Å²) in [6, 6.07) is 18.3. The van der Waals surface area contributed by atoms with E-state index in [4.69, 9.17) is 4.74 Å². The number of amides is 2. The first-order valence-electron chi connectivity index (χ1n) is 8.42. The van der Waals surface area contributed by atoms with Gasteiger partial charge in [-0.05, 0) is 23.6 Å². The first-order valence-corrected chi connectivity index (χ1v) is 8.42. The zero-order valence-electron chi connectivity index (χ0n) is 14.2. The van der Waals surface area contributed by atoms with Gasteiger partial charge in [0, 0.05) is 6.54 Å². The van der Waals surface area contributed by atoms with Crippen molar-refractivity contribution in [2.24, 2.45) is 0 Å². The molecule has 1 heterocycles. The van der Waals surface area contributed by atoms with Crippen LogP contribution in [0.15, 0.2) is 54.6 Å². The Morgan fingerprint density at radius 2 is 1.92 bits per heavy atom. The van der Waals surface area contributed by atoms with E-state index in [9.17, 15) is 14.9 Å². The number of carbonyl (C=O) groups excluding carboxylic acids is 2. The number of ether oxygens (including phenoxy) is 1. The van der Waals surface area contributed by atoms with Crippen molar-refractivity contribution in [2.75, 3.05) is 13.2 Å². The van der Waals surface area contributed by atoms with Crippen LogP contribution in [0, 0.1) is 11.3 Å². The predicted octanol–water partition coefficient (Wildman–Crippen LogP) is 2.24. The normalized spacial score (nSPS) is 16.0. The quantitative estimate of drug-likeness (QED) is 0.867. The molecule has 0 aromatic heterocycles. The van der Waals surface area contributed by atoms with Crippen molar-refractivity contribution in [3.63, 3.8) is 0 Å². The number of nitrogens with one attached hydrogen (secondary N) is 1. The number of carbonyl (C=O) groups is 2. The molecule has 2 amide bonds. The highest BCUT2D eigenvalue weighted by atomic mass is 16.6. The van der Waals surface area contributed by atoms with Crippen LogP contribution in [-0.2, 0) is 22.5 Å². The number of rotatable bonds is 6. The Balaban J connectivity index is 1.61. The second-order valence-corrected chi connectivity index (χ2v) is 6.02. The average Bonchev–Trinajstić information content (AvgIpc) is 3.03. The molecule has 6 nitrogen and oxygen atoms in total. The minimum absolute atomic E-state index is 0.0186. The number of benzene rings is 2. The van der Waals surface area contributed by atoms with Crippen LogP contribution >= 0.6 is 0 Å². The monoisotopic (exact) mass is 349 g/mol. The smallest absolute Gasteiger partial charge is 0.410 e. The molecule has 0 spiro atoms. The van der Waals surface area contributed by atoms with Crippen molar-refractivity contribution in [2.45, 2.75) is 19.0 Å².